The average molecular weight is 219 g/mol. The van der Waals surface area contributed by atoms with E-state index in [9.17, 15) is 4.79 Å². The number of hydrogen-bond donors (Lipinski definition) is 0. The predicted octanol–water partition coefficient (Wildman–Crippen LogP) is 0.490. The Morgan fingerprint density at radius 1 is 1.27 bits per heavy atom. The van der Waals surface area contributed by atoms with Gasteiger partial charge in [0.1, 0.15) is 0 Å². The highest BCUT2D eigenvalue weighted by molar-refractivity contribution is 5.71. The van der Waals surface area contributed by atoms with Gasteiger partial charge in [0.2, 0.25) is 0 Å². The number of likely N-dealkylation sites (N-methyl/N-ethyl adjacent to an activating group) is 1. The number of carbonyl (C=O) groups is 1. The van der Waals surface area contributed by atoms with E-state index in [1.165, 1.54) is 0 Å². The van der Waals surface area contributed by atoms with E-state index in [0.717, 1.165) is 6.54 Å². The molecule has 0 rings (SSSR count). The maximum Gasteiger partial charge on any atom is 0.320 e. The van der Waals surface area contributed by atoms with E-state index >= 15 is 0 Å². The summed E-state index contributed by atoms with van der Waals surface area (Å²) < 4.78 is 15.0. The van der Waals surface area contributed by atoms with E-state index in [1.54, 1.807) is 21.1 Å². The number of esters is 1. The lowest BCUT2D eigenvalue weighted by atomic mass is 10.4. The van der Waals surface area contributed by atoms with Crippen molar-refractivity contribution in [2.24, 2.45) is 0 Å². The summed E-state index contributed by atoms with van der Waals surface area (Å²) in [6.07, 6.45) is -0.306. The number of hydrogen-bond acceptors (Lipinski definition) is 5. The molecule has 0 unspecified atom stereocenters. The Morgan fingerprint density at radius 2 is 1.87 bits per heavy atom. The fraction of sp³-hybridized carbons (Fsp3) is 0.900. The molecule has 0 spiro atoms. The summed E-state index contributed by atoms with van der Waals surface area (Å²) in [5.74, 6) is -0.217. The lowest BCUT2D eigenvalue weighted by molar-refractivity contribution is -0.148. The maximum atomic E-state index is 11.2. The number of methoxy groups -OCH3 is 2. The van der Waals surface area contributed by atoms with Crippen LogP contribution in [0.5, 0.6) is 0 Å². The highest BCUT2D eigenvalue weighted by Gasteiger charge is 2.14. The second kappa shape index (κ2) is 8.64. The standard InChI is InChI=1S/C10H21NO4/c1-5-11(7-9(12)15-6-2)8-10(13-3)14-4/h10H,5-8H2,1-4H3. The zero-order valence-electron chi connectivity index (χ0n) is 9.99. The minimum absolute atomic E-state index is 0.217. The molecular formula is C10H21NO4. The fourth-order valence-corrected chi connectivity index (χ4v) is 1.15. The zero-order chi connectivity index (χ0) is 11.7. The largest absolute Gasteiger partial charge is 0.465 e. The number of carbonyl (C=O) groups excluding carboxylic acids is 1. The lowest BCUT2D eigenvalue weighted by Crippen LogP contribution is -2.38. The first-order valence-electron chi connectivity index (χ1n) is 5.11. The first kappa shape index (κ1) is 14.3. The van der Waals surface area contributed by atoms with Gasteiger partial charge >= 0.3 is 5.97 Å². The van der Waals surface area contributed by atoms with Gasteiger partial charge in [0.05, 0.1) is 19.7 Å². The van der Waals surface area contributed by atoms with Crippen LogP contribution in [-0.2, 0) is 19.0 Å². The molecule has 0 saturated heterocycles. The summed E-state index contributed by atoms with van der Waals surface area (Å²) in [6.45, 7) is 5.76. The Balaban J connectivity index is 3.95. The van der Waals surface area contributed by atoms with E-state index in [1.807, 2.05) is 11.8 Å². The third-order valence-electron chi connectivity index (χ3n) is 2.04. The van der Waals surface area contributed by atoms with Crippen LogP contribution < -0.4 is 0 Å². The van der Waals surface area contributed by atoms with Crippen LogP contribution in [0, 0.1) is 0 Å². The number of nitrogens with zero attached hydrogens (tertiary/aromatic N) is 1. The van der Waals surface area contributed by atoms with Crippen LogP contribution in [0.15, 0.2) is 0 Å². The molecule has 0 aliphatic carbocycles. The molecule has 0 aliphatic rings. The molecule has 0 saturated carbocycles. The van der Waals surface area contributed by atoms with E-state index < -0.39 is 0 Å². The SMILES string of the molecule is CCOC(=O)CN(CC)CC(OC)OC. The summed E-state index contributed by atoms with van der Waals surface area (Å²) >= 11 is 0. The quantitative estimate of drug-likeness (QED) is 0.439. The summed E-state index contributed by atoms with van der Waals surface area (Å²) in [5.41, 5.74) is 0. The van der Waals surface area contributed by atoms with Crippen LogP contribution in [-0.4, -0.2) is 57.6 Å². The Hall–Kier alpha value is -0.650. The molecule has 5 nitrogen and oxygen atoms in total. The van der Waals surface area contributed by atoms with Gasteiger partial charge in [-0.15, -0.1) is 0 Å². The molecule has 0 amide bonds. The minimum Gasteiger partial charge on any atom is -0.465 e. The van der Waals surface area contributed by atoms with Gasteiger partial charge in [0.25, 0.3) is 0 Å². The fourth-order valence-electron chi connectivity index (χ4n) is 1.15. The van der Waals surface area contributed by atoms with E-state index in [4.69, 9.17) is 14.2 Å². The maximum absolute atomic E-state index is 11.2. The van der Waals surface area contributed by atoms with Crippen molar-refractivity contribution in [1.82, 2.24) is 4.90 Å². The van der Waals surface area contributed by atoms with Crippen LogP contribution in [0.1, 0.15) is 13.8 Å². The molecule has 0 fully saturated rings. The third kappa shape index (κ3) is 6.43. The van der Waals surface area contributed by atoms with Crippen molar-refractivity contribution >= 4 is 5.97 Å². The first-order chi connectivity index (χ1) is 7.17. The van der Waals surface area contributed by atoms with Crippen molar-refractivity contribution in [2.75, 3.05) is 40.5 Å². The first-order valence-corrected chi connectivity index (χ1v) is 5.11. The molecule has 0 radical (unpaired) electrons. The molecule has 0 bridgehead atoms. The Labute approximate surface area is 91.3 Å². The van der Waals surface area contributed by atoms with Gasteiger partial charge in [-0.1, -0.05) is 6.92 Å². The number of ether oxygens (including phenoxy) is 3. The van der Waals surface area contributed by atoms with Crippen molar-refractivity contribution in [3.8, 4) is 0 Å². The second-order valence-electron chi connectivity index (χ2n) is 3.03. The summed E-state index contributed by atoms with van der Waals surface area (Å²) in [4.78, 5) is 13.1. The molecule has 15 heavy (non-hydrogen) atoms. The van der Waals surface area contributed by atoms with Gasteiger partial charge in [-0.2, -0.15) is 0 Å². The molecule has 0 N–H and O–H groups in total. The van der Waals surface area contributed by atoms with Crippen LogP contribution in [0.3, 0.4) is 0 Å². The summed E-state index contributed by atoms with van der Waals surface area (Å²) in [6, 6.07) is 0. The van der Waals surface area contributed by atoms with Crippen LogP contribution >= 0.6 is 0 Å². The Morgan fingerprint density at radius 3 is 2.27 bits per heavy atom. The predicted molar refractivity (Wildman–Crippen MR) is 56.6 cm³/mol. The molecular weight excluding hydrogens is 198 g/mol. The molecule has 0 aromatic rings. The summed E-state index contributed by atoms with van der Waals surface area (Å²) in [5, 5.41) is 0. The van der Waals surface area contributed by atoms with Gasteiger partial charge in [-0.3, -0.25) is 9.69 Å². The van der Waals surface area contributed by atoms with Gasteiger partial charge < -0.3 is 14.2 Å². The monoisotopic (exact) mass is 219 g/mol. The Bertz CT molecular complexity index is 171. The van der Waals surface area contributed by atoms with Crippen LogP contribution in [0.25, 0.3) is 0 Å². The highest BCUT2D eigenvalue weighted by Crippen LogP contribution is 1.97. The molecule has 0 heterocycles. The zero-order valence-corrected chi connectivity index (χ0v) is 9.99. The van der Waals surface area contributed by atoms with E-state index in [2.05, 4.69) is 0 Å². The van der Waals surface area contributed by atoms with Crippen molar-refractivity contribution in [3.05, 3.63) is 0 Å². The van der Waals surface area contributed by atoms with Gasteiger partial charge in [-0.05, 0) is 13.5 Å². The normalized spacial score (nSPS) is 11.1. The van der Waals surface area contributed by atoms with Crippen LogP contribution in [0.2, 0.25) is 0 Å². The smallest absolute Gasteiger partial charge is 0.320 e. The minimum atomic E-state index is -0.306. The molecule has 0 atom stereocenters. The van der Waals surface area contributed by atoms with Gasteiger partial charge in [0, 0.05) is 14.2 Å². The lowest BCUT2D eigenvalue weighted by Gasteiger charge is -2.23. The third-order valence-corrected chi connectivity index (χ3v) is 2.04. The van der Waals surface area contributed by atoms with Crippen molar-refractivity contribution in [1.29, 1.82) is 0 Å². The molecule has 90 valence electrons. The van der Waals surface area contributed by atoms with Gasteiger partial charge in [-0.25, -0.2) is 0 Å². The number of rotatable bonds is 8. The topological polar surface area (TPSA) is 48.0 Å². The second-order valence-corrected chi connectivity index (χ2v) is 3.03. The molecule has 0 aliphatic heterocycles. The summed E-state index contributed by atoms with van der Waals surface area (Å²) in [7, 11) is 3.15. The molecule has 0 aromatic carbocycles. The molecule has 5 heteroatoms. The van der Waals surface area contributed by atoms with E-state index in [0.29, 0.717) is 13.2 Å². The van der Waals surface area contributed by atoms with E-state index in [-0.39, 0.29) is 18.8 Å². The molecule has 0 aromatic heterocycles. The van der Waals surface area contributed by atoms with Crippen LogP contribution in [0.4, 0.5) is 0 Å². The van der Waals surface area contributed by atoms with Crippen molar-refractivity contribution < 1.29 is 19.0 Å². The van der Waals surface area contributed by atoms with Crippen molar-refractivity contribution in [3.63, 3.8) is 0 Å². The Kier molecular flexibility index (Phi) is 8.27. The van der Waals surface area contributed by atoms with Gasteiger partial charge in [0.15, 0.2) is 6.29 Å². The van der Waals surface area contributed by atoms with Crippen molar-refractivity contribution in [2.45, 2.75) is 20.1 Å². The average Bonchev–Trinajstić information content (AvgIpc) is 2.24. The highest BCUT2D eigenvalue weighted by atomic mass is 16.7.